The Hall–Kier alpha value is -2.83. The lowest BCUT2D eigenvalue weighted by molar-refractivity contribution is 0.0933. The van der Waals surface area contributed by atoms with Crippen LogP contribution in [0.15, 0.2) is 30.5 Å². The van der Waals surface area contributed by atoms with Gasteiger partial charge in [-0.2, -0.15) is 0 Å². The first-order valence-electron chi connectivity index (χ1n) is 9.36. The van der Waals surface area contributed by atoms with Crippen LogP contribution in [-0.4, -0.2) is 34.7 Å². The summed E-state index contributed by atoms with van der Waals surface area (Å²) in [5, 5.41) is 10.00. The highest BCUT2D eigenvalue weighted by atomic mass is 16.5. The van der Waals surface area contributed by atoms with Crippen molar-refractivity contribution in [3.63, 3.8) is 0 Å². The van der Waals surface area contributed by atoms with Crippen molar-refractivity contribution in [2.45, 2.75) is 44.6 Å². The van der Waals surface area contributed by atoms with E-state index in [2.05, 4.69) is 15.7 Å². The average Bonchev–Trinajstić information content (AvgIpc) is 2.86. The molecule has 144 valence electrons. The number of aromatic nitrogens is 2. The molecule has 0 atom stereocenters. The second kappa shape index (κ2) is 8.70. The van der Waals surface area contributed by atoms with Gasteiger partial charge in [-0.15, -0.1) is 5.10 Å². The third kappa shape index (κ3) is 4.87. The number of hydrogen-bond acceptors (Lipinski definition) is 4. The first kappa shape index (κ1) is 18.9. The zero-order valence-corrected chi connectivity index (χ0v) is 15.8. The summed E-state index contributed by atoms with van der Waals surface area (Å²) in [6, 6.07) is 7.16. The van der Waals surface area contributed by atoms with E-state index in [4.69, 9.17) is 4.74 Å². The summed E-state index contributed by atoms with van der Waals surface area (Å²) in [6.07, 6.45) is 8.55. The van der Waals surface area contributed by atoms with Crippen LogP contribution in [0.2, 0.25) is 0 Å². The number of carbonyl (C=O) groups excluding carboxylic acids is 2. The molecule has 2 N–H and O–H groups in total. The van der Waals surface area contributed by atoms with Gasteiger partial charge < -0.3 is 15.4 Å². The smallest absolute Gasteiger partial charge is 0.262 e. The van der Waals surface area contributed by atoms with E-state index in [0.717, 1.165) is 12.8 Å². The third-order valence-corrected chi connectivity index (χ3v) is 4.83. The fourth-order valence-corrected chi connectivity index (χ4v) is 3.37. The van der Waals surface area contributed by atoms with E-state index >= 15 is 0 Å². The molecule has 3 rings (SSSR count). The number of rotatable bonds is 5. The molecule has 1 fully saturated rings. The highest BCUT2D eigenvalue weighted by Crippen LogP contribution is 2.19. The number of hydrogen-bond donors (Lipinski definition) is 2. The van der Waals surface area contributed by atoms with E-state index in [1.807, 2.05) is 0 Å². The summed E-state index contributed by atoms with van der Waals surface area (Å²) in [5.74, 6) is -0.0984. The predicted molar refractivity (Wildman–Crippen MR) is 103 cm³/mol. The minimum atomic E-state index is -0.310. The molecule has 0 saturated heterocycles. The van der Waals surface area contributed by atoms with Crippen molar-refractivity contribution in [3.8, 4) is 5.88 Å². The zero-order valence-electron chi connectivity index (χ0n) is 15.8. The van der Waals surface area contributed by atoms with Gasteiger partial charge in [-0.3, -0.25) is 14.3 Å². The van der Waals surface area contributed by atoms with Crippen molar-refractivity contribution in [2.24, 2.45) is 7.05 Å². The molecule has 7 heteroatoms. The van der Waals surface area contributed by atoms with E-state index < -0.39 is 0 Å². The van der Waals surface area contributed by atoms with Crippen LogP contribution in [0.3, 0.4) is 0 Å². The van der Waals surface area contributed by atoms with Gasteiger partial charge >= 0.3 is 0 Å². The molecule has 0 radical (unpaired) electrons. The van der Waals surface area contributed by atoms with Gasteiger partial charge in [0.25, 0.3) is 11.8 Å². The topological polar surface area (TPSA) is 85.2 Å². The number of carbonyl (C=O) groups is 2. The van der Waals surface area contributed by atoms with Crippen molar-refractivity contribution >= 4 is 17.5 Å². The maximum Gasteiger partial charge on any atom is 0.262 e. The standard InChI is InChI=1S/C20H26N4O3/c1-24-13-17(20(23-24)27-2)19(26)22-16-11-9-14(10-12-16)18(25)21-15-7-5-3-4-6-8-15/h9-13,15H,3-8H2,1-2H3,(H,21,25)(H,22,26). The summed E-state index contributed by atoms with van der Waals surface area (Å²) < 4.78 is 6.63. The van der Waals surface area contributed by atoms with E-state index in [1.165, 1.54) is 37.5 Å². The summed E-state index contributed by atoms with van der Waals surface area (Å²) in [6.45, 7) is 0. The van der Waals surface area contributed by atoms with Gasteiger partial charge in [0.1, 0.15) is 5.56 Å². The second-order valence-electron chi connectivity index (χ2n) is 6.92. The second-order valence-corrected chi connectivity index (χ2v) is 6.92. The maximum absolute atomic E-state index is 12.4. The van der Waals surface area contributed by atoms with Gasteiger partial charge in [0.2, 0.25) is 5.88 Å². The van der Waals surface area contributed by atoms with Crippen LogP contribution in [0, 0.1) is 0 Å². The van der Waals surface area contributed by atoms with Gasteiger partial charge in [-0.25, -0.2) is 0 Å². The van der Waals surface area contributed by atoms with Crippen LogP contribution in [0.1, 0.15) is 59.2 Å². The Labute approximate surface area is 159 Å². The Balaban J connectivity index is 1.61. The van der Waals surface area contributed by atoms with Crippen molar-refractivity contribution < 1.29 is 14.3 Å². The fourth-order valence-electron chi connectivity index (χ4n) is 3.37. The molecule has 1 heterocycles. The number of nitrogens with one attached hydrogen (secondary N) is 2. The Morgan fingerprint density at radius 2 is 1.74 bits per heavy atom. The molecule has 0 aliphatic heterocycles. The zero-order chi connectivity index (χ0) is 19.2. The average molecular weight is 370 g/mol. The number of methoxy groups -OCH3 is 1. The van der Waals surface area contributed by atoms with Crippen LogP contribution in [0.4, 0.5) is 5.69 Å². The SMILES string of the molecule is COc1nn(C)cc1C(=O)Nc1ccc(C(=O)NC2CCCCCC2)cc1. The highest BCUT2D eigenvalue weighted by molar-refractivity contribution is 6.06. The van der Waals surface area contributed by atoms with Gasteiger partial charge in [-0.05, 0) is 37.1 Å². The Morgan fingerprint density at radius 3 is 2.37 bits per heavy atom. The third-order valence-electron chi connectivity index (χ3n) is 4.83. The summed E-state index contributed by atoms with van der Waals surface area (Å²) >= 11 is 0. The number of nitrogens with zero attached hydrogens (tertiary/aromatic N) is 2. The number of aryl methyl sites for hydroxylation is 1. The van der Waals surface area contributed by atoms with E-state index in [1.54, 1.807) is 37.5 Å². The molecule has 0 bridgehead atoms. The molecular weight excluding hydrogens is 344 g/mol. The first-order chi connectivity index (χ1) is 13.1. The lowest BCUT2D eigenvalue weighted by Gasteiger charge is -2.16. The molecular formula is C20H26N4O3. The number of ether oxygens (including phenoxy) is 1. The fraction of sp³-hybridized carbons (Fsp3) is 0.450. The molecule has 1 aromatic carbocycles. The molecule has 0 spiro atoms. The first-order valence-corrected chi connectivity index (χ1v) is 9.36. The van der Waals surface area contributed by atoms with Crippen LogP contribution >= 0.6 is 0 Å². The summed E-state index contributed by atoms with van der Waals surface area (Å²) in [5.41, 5.74) is 1.56. The molecule has 1 saturated carbocycles. The number of amides is 2. The molecule has 1 aliphatic rings. The summed E-state index contributed by atoms with van der Waals surface area (Å²) in [4.78, 5) is 24.8. The predicted octanol–water partition coefficient (Wildman–Crippen LogP) is 3.13. The van der Waals surface area contributed by atoms with Gasteiger partial charge in [-0.1, -0.05) is 25.7 Å². The van der Waals surface area contributed by atoms with Crippen molar-refractivity contribution in [1.82, 2.24) is 15.1 Å². The van der Waals surface area contributed by atoms with Crippen LogP contribution in [-0.2, 0) is 7.05 Å². The molecule has 1 aliphatic carbocycles. The normalized spacial score (nSPS) is 15.0. The molecule has 1 aromatic heterocycles. The Bertz CT molecular complexity index is 790. The quantitative estimate of drug-likeness (QED) is 0.792. The Kier molecular flexibility index (Phi) is 6.11. The largest absolute Gasteiger partial charge is 0.479 e. The van der Waals surface area contributed by atoms with Gasteiger partial charge in [0, 0.05) is 30.5 Å². The monoisotopic (exact) mass is 370 g/mol. The van der Waals surface area contributed by atoms with Crippen LogP contribution in [0.25, 0.3) is 0 Å². The lowest BCUT2D eigenvalue weighted by Crippen LogP contribution is -2.34. The highest BCUT2D eigenvalue weighted by Gasteiger charge is 2.18. The number of benzene rings is 1. The van der Waals surface area contributed by atoms with Crippen molar-refractivity contribution in [2.75, 3.05) is 12.4 Å². The molecule has 0 unspecified atom stereocenters. The van der Waals surface area contributed by atoms with Crippen LogP contribution in [0.5, 0.6) is 5.88 Å². The van der Waals surface area contributed by atoms with Gasteiger partial charge in [0.15, 0.2) is 0 Å². The summed E-state index contributed by atoms with van der Waals surface area (Å²) in [7, 11) is 3.20. The minimum Gasteiger partial charge on any atom is -0.479 e. The molecule has 2 aromatic rings. The lowest BCUT2D eigenvalue weighted by atomic mass is 10.1. The molecule has 2 amide bonds. The number of anilines is 1. The van der Waals surface area contributed by atoms with Crippen molar-refractivity contribution in [3.05, 3.63) is 41.6 Å². The molecule has 27 heavy (non-hydrogen) atoms. The minimum absolute atomic E-state index is 0.0614. The van der Waals surface area contributed by atoms with Gasteiger partial charge in [0.05, 0.1) is 7.11 Å². The van der Waals surface area contributed by atoms with E-state index in [0.29, 0.717) is 16.8 Å². The maximum atomic E-state index is 12.4. The van der Waals surface area contributed by atoms with E-state index in [9.17, 15) is 9.59 Å². The van der Waals surface area contributed by atoms with Crippen LogP contribution < -0.4 is 15.4 Å². The molecule has 7 nitrogen and oxygen atoms in total. The van der Waals surface area contributed by atoms with E-state index in [-0.39, 0.29) is 23.7 Å². The Morgan fingerprint density at radius 1 is 1.07 bits per heavy atom. The van der Waals surface area contributed by atoms with Crippen molar-refractivity contribution in [1.29, 1.82) is 0 Å².